The van der Waals surface area contributed by atoms with Crippen molar-refractivity contribution in [2.75, 3.05) is 26.6 Å². The monoisotopic (exact) mass is 661 g/mol. The maximum Gasteiger partial charge on any atom is 0.435 e. The quantitative estimate of drug-likeness (QED) is 0.158. The molecule has 3 heterocycles. The zero-order chi connectivity index (χ0) is 31.9. The largest absolute Gasteiger partial charge is 0.497 e. The lowest BCUT2D eigenvalue weighted by Gasteiger charge is -2.34. The molecule has 4 aromatic rings. The van der Waals surface area contributed by atoms with Gasteiger partial charge in [-0.3, -0.25) is 18.9 Å². The Labute approximate surface area is 250 Å². The smallest absolute Gasteiger partial charge is 0.435 e. The number of imidazole rings is 1. The molecule has 0 spiro atoms. The number of H-pyrrole nitrogens is 1. The summed E-state index contributed by atoms with van der Waals surface area (Å²) in [6.07, 6.45) is -8.21. The summed E-state index contributed by atoms with van der Waals surface area (Å²) in [5.74, 6) is -4.09. The highest BCUT2D eigenvalue weighted by atomic mass is 32.5. The Morgan fingerprint density at radius 2 is 1.59 bits per heavy atom. The first kappa shape index (κ1) is 31.5. The SMILES string of the molecule is COc1ccc(OP(=S)(OCC2(C(F)F)OC(n3cnc4c(=O)[nH]c(N)nc43)C(O)C2(F)F)Oc2ccc(OC)cc2)cc1. The Morgan fingerprint density at radius 1 is 1.07 bits per heavy atom. The van der Waals surface area contributed by atoms with E-state index in [1.807, 2.05) is 0 Å². The fourth-order valence-electron chi connectivity index (χ4n) is 4.29. The first-order chi connectivity index (χ1) is 20.8. The van der Waals surface area contributed by atoms with Crippen LogP contribution in [0, 0.1) is 0 Å². The third-order valence-electron chi connectivity index (χ3n) is 6.60. The van der Waals surface area contributed by atoms with Crippen molar-refractivity contribution in [1.29, 1.82) is 0 Å². The molecule has 3 atom stereocenters. The predicted molar refractivity (Wildman–Crippen MR) is 150 cm³/mol. The molecule has 44 heavy (non-hydrogen) atoms. The fraction of sp³-hybridized carbons (Fsp3) is 0.320. The van der Waals surface area contributed by atoms with Gasteiger partial charge in [-0.25, -0.2) is 13.8 Å². The summed E-state index contributed by atoms with van der Waals surface area (Å²) in [5, 5.41) is 10.6. The Kier molecular flexibility index (Phi) is 8.48. The zero-order valence-corrected chi connectivity index (χ0v) is 24.4. The van der Waals surface area contributed by atoms with Crippen molar-refractivity contribution in [3.8, 4) is 23.0 Å². The number of benzene rings is 2. The minimum Gasteiger partial charge on any atom is -0.497 e. The van der Waals surface area contributed by atoms with Gasteiger partial charge in [0.2, 0.25) is 11.5 Å². The number of anilines is 1. The summed E-state index contributed by atoms with van der Waals surface area (Å²) >= 11 is 5.46. The summed E-state index contributed by atoms with van der Waals surface area (Å²) < 4.78 is 93.8. The Hall–Kier alpha value is -3.96. The van der Waals surface area contributed by atoms with Crippen LogP contribution in [0.5, 0.6) is 23.0 Å². The van der Waals surface area contributed by atoms with Crippen molar-refractivity contribution in [3.05, 3.63) is 65.2 Å². The van der Waals surface area contributed by atoms with Crippen LogP contribution < -0.4 is 29.8 Å². The van der Waals surface area contributed by atoms with Crippen LogP contribution >= 0.6 is 6.72 Å². The van der Waals surface area contributed by atoms with Gasteiger partial charge in [0.05, 0.1) is 27.2 Å². The van der Waals surface area contributed by atoms with Crippen molar-refractivity contribution < 1.29 is 50.5 Å². The molecular formula is C25H24F4N5O8PS. The molecule has 3 unspecified atom stereocenters. The van der Waals surface area contributed by atoms with Gasteiger partial charge in [-0.05, 0) is 48.5 Å². The molecule has 2 aromatic carbocycles. The van der Waals surface area contributed by atoms with Gasteiger partial charge in [0.25, 0.3) is 12.0 Å². The average molecular weight is 662 g/mol. The summed E-state index contributed by atoms with van der Waals surface area (Å²) in [5.41, 5.74) is 0.177. The van der Waals surface area contributed by atoms with Gasteiger partial charge in [0.15, 0.2) is 23.5 Å². The van der Waals surface area contributed by atoms with Gasteiger partial charge in [-0.2, -0.15) is 13.8 Å². The summed E-state index contributed by atoms with van der Waals surface area (Å²) in [4.78, 5) is 21.9. The maximum atomic E-state index is 15.7. The number of ether oxygens (including phenoxy) is 3. The van der Waals surface area contributed by atoms with E-state index in [0.29, 0.717) is 16.1 Å². The molecule has 0 aliphatic carbocycles. The van der Waals surface area contributed by atoms with Crippen LogP contribution in [-0.2, 0) is 21.1 Å². The number of hydrogen-bond donors (Lipinski definition) is 3. The normalized spacial score (nSPS) is 21.5. The number of methoxy groups -OCH3 is 2. The first-order valence-corrected chi connectivity index (χ1v) is 15.0. The van der Waals surface area contributed by atoms with Crippen molar-refractivity contribution >= 4 is 35.6 Å². The van der Waals surface area contributed by atoms with E-state index in [1.165, 1.54) is 62.8 Å². The van der Waals surface area contributed by atoms with Crippen LogP contribution in [0.3, 0.4) is 0 Å². The molecule has 0 saturated carbocycles. The number of nitrogens with one attached hydrogen (secondary N) is 1. The van der Waals surface area contributed by atoms with Crippen LogP contribution in [-0.4, -0.2) is 69.5 Å². The molecule has 5 rings (SSSR count). The van der Waals surface area contributed by atoms with Crippen molar-refractivity contribution in [3.63, 3.8) is 0 Å². The van der Waals surface area contributed by atoms with Gasteiger partial charge in [0, 0.05) is 11.8 Å². The topological polar surface area (TPSA) is 165 Å². The molecular weight excluding hydrogens is 637 g/mol. The first-order valence-electron chi connectivity index (χ1n) is 12.5. The minimum atomic E-state index is -4.66. The number of hydrogen-bond acceptors (Lipinski definition) is 12. The van der Waals surface area contributed by atoms with Crippen molar-refractivity contribution in [2.24, 2.45) is 0 Å². The molecule has 1 fully saturated rings. The standard InChI is InChI=1S/C25H24F4N5O8PS/c1-37-13-3-7-15(8-4-13)41-43(44,42-16-9-5-14(38-2)6-10-16)39-11-24(22(26)27)25(28,29)18(35)21(40-24)34-12-31-17-19(34)32-23(30)33-20(17)36/h3-10,12,18,21-22,35H,11H2,1-2H3,(H3,30,32,33,36). The second kappa shape index (κ2) is 11.9. The molecule has 19 heteroatoms. The molecule has 4 N–H and O–H groups in total. The van der Waals surface area contributed by atoms with Gasteiger partial charge in [-0.15, -0.1) is 0 Å². The van der Waals surface area contributed by atoms with Crippen LogP contribution in [0.1, 0.15) is 6.23 Å². The van der Waals surface area contributed by atoms with Crippen LogP contribution in [0.25, 0.3) is 11.2 Å². The third-order valence-corrected chi connectivity index (χ3v) is 8.68. The Morgan fingerprint density at radius 3 is 2.09 bits per heavy atom. The van der Waals surface area contributed by atoms with Crippen LogP contribution in [0.4, 0.5) is 23.5 Å². The molecule has 236 valence electrons. The number of aliphatic hydroxyl groups is 1. The van der Waals surface area contributed by atoms with Crippen LogP contribution in [0.2, 0.25) is 0 Å². The number of halogens is 4. The van der Waals surface area contributed by atoms with Crippen molar-refractivity contribution in [2.45, 2.75) is 30.3 Å². The van der Waals surface area contributed by atoms with Gasteiger partial charge in [0.1, 0.15) is 23.0 Å². The molecule has 0 amide bonds. The van der Waals surface area contributed by atoms with E-state index in [9.17, 15) is 18.7 Å². The molecule has 13 nitrogen and oxygen atoms in total. The highest BCUT2D eigenvalue weighted by Crippen LogP contribution is 2.56. The Bertz CT molecular complexity index is 1690. The average Bonchev–Trinajstić information content (AvgIpc) is 3.49. The molecule has 2 aromatic heterocycles. The lowest BCUT2D eigenvalue weighted by Crippen LogP contribution is -2.57. The zero-order valence-electron chi connectivity index (χ0n) is 22.7. The lowest BCUT2D eigenvalue weighted by molar-refractivity contribution is -0.241. The summed E-state index contributed by atoms with van der Waals surface area (Å²) in [6, 6.07) is 11.6. The van der Waals surface area contributed by atoms with Crippen molar-refractivity contribution in [1.82, 2.24) is 19.5 Å². The van der Waals surface area contributed by atoms with Gasteiger partial charge < -0.3 is 34.1 Å². The minimum absolute atomic E-state index is 0.0459. The number of nitrogen functional groups attached to an aromatic ring is 1. The molecule has 0 bridgehead atoms. The number of aromatic nitrogens is 4. The second-order valence-electron chi connectivity index (χ2n) is 9.30. The fourth-order valence-corrected chi connectivity index (χ4v) is 6.22. The number of rotatable bonds is 11. The second-order valence-corrected chi connectivity index (χ2v) is 12.2. The number of aromatic amines is 1. The summed E-state index contributed by atoms with van der Waals surface area (Å²) in [7, 11) is 2.86. The van der Waals surface area contributed by atoms with E-state index in [2.05, 4.69) is 15.0 Å². The van der Waals surface area contributed by atoms with E-state index in [4.69, 9.17) is 45.3 Å². The number of nitrogens with two attached hydrogens (primary N) is 1. The molecule has 1 aliphatic heterocycles. The molecule has 1 saturated heterocycles. The van der Waals surface area contributed by atoms with E-state index in [1.54, 1.807) is 0 Å². The summed E-state index contributed by atoms with van der Waals surface area (Å²) in [6.45, 7) is -5.82. The van der Waals surface area contributed by atoms with E-state index >= 15 is 8.78 Å². The van der Waals surface area contributed by atoms with E-state index in [0.717, 1.165) is 6.33 Å². The third kappa shape index (κ3) is 5.66. The highest BCUT2D eigenvalue weighted by molar-refractivity contribution is 8.07. The van der Waals surface area contributed by atoms with Gasteiger partial charge >= 0.3 is 12.6 Å². The maximum absolute atomic E-state index is 15.7. The number of aliphatic hydroxyl groups excluding tert-OH is 1. The predicted octanol–water partition coefficient (Wildman–Crippen LogP) is 3.65. The molecule has 1 aliphatic rings. The lowest BCUT2D eigenvalue weighted by atomic mass is 9.95. The number of nitrogens with zero attached hydrogens (tertiary/aromatic N) is 3. The highest BCUT2D eigenvalue weighted by Gasteiger charge is 2.74. The van der Waals surface area contributed by atoms with E-state index in [-0.39, 0.29) is 17.0 Å². The van der Waals surface area contributed by atoms with E-state index < -0.39 is 60.8 Å². The number of alkyl halides is 4. The Balaban J connectivity index is 1.49. The van der Waals surface area contributed by atoms with Crippen LogP contribution in [0.15, 0.2) is 59.7 Å². The number of fused-ring (bicyclic) bond motifs is 1. The van der Waals surface area contributed by atoms with Gasteiger partial charge in [-0.1, -0.05) is 0 Å². The molecule has 0 radical (unpaired) electrons.